The molecule has 0 saturated heterocycles. The summed E-state index contributed by atoms with van der Waals surface area (Å²) in [6.07, 6.45) is 0.594. The van der Waals surface area contributed by atoms with Gasteiger partial charge in [0.05, 0.1) is 11.1 Å². The molecule has 2 amide bonds. The molecule has 1 N–H and O–H groups in total. The summed E-state index contributed by atoms with van der Waals surface area (Å²) < 4.78 is 0. The number of hydrogen-bond acceptors (Lipinski definition) is 2. The van der Waals surface area contributed by atoms with Crippen molar-refractivity contribution in [3.63, 3.8) is 0 Å². The molecule has 4 heteroatoms. The average molecular weight is 409 g/mol. The number of aromatic nitrogens is 1. The number of carbonyl (C=O) groups excluding carboxylic acids is 2. The number of carbonyl (C=O) groups is 2. The van der Waals surface area contributed by atoms with Gasteiger partial charge in [-0.2, -0.15) is 0 Å². The highest BCUT2D eigenvalue weighted by atomic mass is 16.2. The predicted molar refractivity (Wildman–Crippen MR) is 123 cm³/mol. The van der Waals surface area contributed by atoms with Crippen molar-refractivity contribution >= 4 is 22.7 Å². The van der Waals surface area contributed by atoms with Crippen LogP contribution in [-0.4, -0.2) is 28.2 Å². The molecule has 0 saturated carbocycles. The standard InChI is InChI=1S/C27H24N2O2/c1-16-8-9-24-23(15-16)20(25(28-24)19-13-17(2)12-18(3)14-19)10-11-29-26(30)21-6-4-5-7-22(21)27(29)31/h4-9,12-15,28H,10-11H2,1-3H3. The van der Waals surface area contributed by atoms with Gasteiger partial charge in [0.25, 0.3) is 11.8 Å². The van der Waals surface area contributed by atoms with Crippen LogP contribution in [0, 0.1) is 20.8 Å². The maximum Gasteiger partial charge on any atom is 0.261 e. The van der Waals surface area contributed by atoms with Gasteiger partial charge in [0.1, 0.15) is 0 Å². The van der Waals surface area contributed by atoms with Crippen LogP contribution >= 0.6 is 0 Å². The second kappa shape index (κ2) is 7.24. The van der Waals surface area contributed by atoms with Crippen molar-refractivity contribution < 1.29 is 9.59 Å². The van der Waals surface area contributed by atoms with E-state index in [4.69, 9.17) is 0 Å². The molecule has 31 heavy (non-hydrogen) atoms. The first-order chi connectivity index (χ1) is 14.9. The summed E-state index contributed by atoms with van der Waals surface area (Å²) in [6.45, 7) is 6.63. The van der Waals surface area contributed by atoms with Crippen LogP contribution in [0.3, 0.4) is 0 Å². The van der Waals surface area contributed by atoms with Gasteiger partial charge < -0.3 is 4.98 Å². The number of nitrogens with zero attached hydrogens (tertiary/aromatic N) is 1. The minimum absolute atomic E-state index is 0.204. The summed E-state index contributed by atoms with van der Waals surface area (Å²) in [5.41, 5.74) is 8.98. The maximum atomic E-state index is 12.8. The largest absolute Gasteiger partial charge is 0.354 e. The van der Waals surface area contributed by atoms with Crippen LogP contribution in [-0.2, 0) is 6.42 Å². The third-order valence-corrected chi connectivity index (χ3v) is 6.04. The number of hydrogen-bond donors (Lipinski definition) is 1. The van der Waals surface area contributed by atoms with Crippen molar-refractivity contribution in [2.24, 2.45) is 0 Å². The Balaban J connectivity index is 1.56. The number of amides is 2. The zero-order valence-corrected chi connectivity index (χ0v) is 18.0. The maximum absolute atomic E-state index is 12.8. The normalized spacial score (nSPS) is 13.3. The van der Waals surface area contributed by atoms with Crippen molar-refractivity contribution in [1.29, 1.82) is 0 Å². The monoisotopic (exact) mass is 408 g/mol. The zero-order chi connectivity index (χ0) is 21.7. The van der Waals surface area contributed by atoms with E-state index in [1.165, 1.54) is 21.6 Å². The average Bonchev–Trinajstić information content (AvgIpc) is 3.21. The molecule has 1 aliphatic heterocycles. The van der Waals surface area contributed by atoms with Crippen LogP contribution in [0.4, 0.5) is 0 Å². The molecule has 0 aliphatic carbocycles. The third-order valence-electron chi connectivity index (χ3n) is 6.04. The van der Waals surface area contributed by atoms with Crippen molar-refractivity contribution in [3.05, 3.63) is 94.0 Å². The molecule has 0 unspecified atom stereocenters. The van der Waals surface area contributed by atoms with Crippen molar-refractivity contribution in [2.45, 2.75) is 27.2 Å². The minimum Gasteiger partial charge on any atom is -0.354 e. The van der Waals surface area contributed by atoms with Gasteiger partial charge >= 0.3 is 0 Å². The Bertz CT molecular complexity index is 1310. The lowest BCUT2D eigenvalue weighted by Gasteiger charge is -2.15. The molecule has 4 aromatic rings. The van der Waals surface area contributed by atoms with E-state index in [-0.39, 0.29) is 11.8 Å². The molecular weight excluding hydrogens is 384 g/mol. The van der Waals surface area contributed by atoms with Crippen LogP contribution < -0.4 is 0 Å². The van der Waals surface area contributed by atoms with E-state index in [1.54, 1.807) is 24.3 Å². The molecule has 1 aromatic heterocycles. The van der Waals surface area contributed by atoms with Crippen molar-refractivity contribution in [2.75, 3.05) is 6.54 Å². The molecule has 154 valence electrons. The summed E-state index contributed by atoms with van der Waals surface area (Å²) in [5, 5.41) is 1.14. The lowest BCUT2D eigenvalue weighted by Crippen LogP contribution is -2.31. The van der Waals surface area contributed by atoms with Crippen LogP contribution in [0.2, 0.25) is 0 Å². The number of imide groups is 1. The van der Waals surface area contributed by atoms with Crippen LogP contribution in [0.5, 0.6) is 0 Å². The molecule has 0 fully saturated rings. The molecule has 4 nitrogen and oxygen atoms in total. The summed E-state index contributed by atoms with van der Waals surface area (Å²) >= 11 is 0. The number of aryl methyl sites for hydroxylation is 3. The first-order valence-corrected chi connectivity index (χ1v) is 10.6. The molecule has 1 aliphatic rings. The summed E-state index contributed by atoms with van der Waals surface area (Å²) in [4.78, 5) is 30.6. The molecular formula is C27H24N2O2. The molecule has 5 rings (SSSR count). The Morgan fingerprint density at radius 1 is 0.774 bits per heavy atom. The molecule has 0 bridgehead atoms. The molecule has 0 spiro atoms. The predicted octanol–water partition coefficient (Wildman–Crippen LogP) is 5.60. The summed E-state index contributed by atoms with van der Waals surface area (Å²) in [5.74, 6) is -0.408. The lowest BCUT2D eigenvalue weighted by atomic mass is 9.99. The fourth-order valence-corrected chi connectivity index (χ4v) is 4.65. The molecule has 0 radical (unpaired) electrons. The Hall–Kier alpha value is -3.66. The Kier molecular flexibility index (Phi) is 4.51. The zero-order valence-electron chi connectivity index (χ0n) is 18.0. The summed E-state index contributed by atoms with van der Waals surface area (Å²) in [6, 6.07) is 19.9. The highest BCUT2D eigenvalue weighted by molar-refractivity contribution is 6.21. The number of rotatable bonds is 4. The van der Waals surface area contributed by atoms with Gasteiger partial charge in [0, 0.05) is 23.1 Å². The van der Waals surface area contributed by atoms with Crippen LogP contribution in [0.1, 0.15) is 43.0 Å². The number of fused-ring (bicyclic) bond motifs is 2. The third kappa shape index (κ3) is 3.25. The van der Waals surface area contributed by atoms with Gasteiger partial charge in [-0.05, 0) is 74.7 Å². The van der Waals surface area contributed by atoms with Crippen molar-refractivity contribution in [3.8, 4) is 11.3 Å². The van der Waals surface area contributed by atoms with Gasteiger partial charge in [0.15, 0.2) is 0 Å². The highest BCUT2D eigenvalue weighted by Gasteiger charge is 2.35. The summed E-state index contributed by atoms with van der Waals surface area (Å²) in [7, 11) is 0. The lowest BCUT2D eigenvalue weighted by molar-refractivity contribution is 0.0656. The van der Waals surface area contributed by atoms with Gasteiger partial charge in [-0.25, -0.2) is 0 Å². The van der Waals surface area contributed by atoms with E-state index in [1.807, 2.05) is 0 Å². The minimum atomic E-state index is -0.204. The Morgan fingerprint density at radius 2 is 1.42 bits per heavy atom. The second-order valence-corrected chi connectivity index (χ2v) is 8.46. The fraction of sp³-hybridized carbons (Fsp3) is 0.185. The fourth-order valence-electron chi connectivity index (χ4n) is 4.65. The first kappa shape index (κ1) is 19.3. The van der Waals surface area contributed by atoms with Crippen molar-refractivity contribution in [1.82, 2.24) is 9.88 Å². The van der Waals surface area contributed by atoms with Crippen LogP contribution in [0.15, 0.2) is 60.7 Å². The van der Waals surface area contributed by atoms with Gasteiger partial charge in [-0.1, -0.05) is 41.0 Å². The van der Waals surface area contributed by atoms with E-state index < -0.39 is 0 Å². The quantitative estimate of drug-likeness (QED) is 0.447. The van der Waals surface area contributed by atoms with Gasteiger partial charge in [0.2, 0.25) is 0 Å². The number of H-pyrrole nitrogens is 1. The van der Waals surface area contributed by atoms with E-state index in [0.29, 0.717) is 24.1 Å². The van der Waals surface area contributed by atoms with Gasteiger partial charge in [-0.15, -0.1) is 0 Å². The second-order valence-electron chi connectivity index (χ2n) is 8.46. The number of nitrogens with one attached hydrogen (secondary N) is 1. The Labute approximate surface area is 181 Å². The Morgan fingerprint density at radius 3 is 2.06 bits per heavy atom. The molecule has 2 heterocycles. The first-order valence-electron chi connectivity index (χ1n) is 10.6. The van der Waals surface area contributed by atoms with Gasteiger partial charge in [-0.3, -0.25) is 14.5 Å². The SMILES string of the molecule is Cc1cc(C)cc(-c2[nH]c3ccc(C)cc3c2CCN2C(=O)c3ccccc3C2=O)c1. The topological polar surface area (TPSA) is 53.2 Å². The highest BCUT2D eigenvalue weighted by Crippen LogP contribution is 2.33. The number of aromatic amines is 1. The van der Waals surface area contributed by atoms with E-state index in [9.17, 15) is 9.59 Å². The molecule has 3 aromatic carbocycles. The number of benzene rings is 3. The van der Waals surface area contributed by atoms with Crippen LogP contribution in [0.25, 0.3) is 22.2 Å². The van der Waals surface area contributed by atoms with E-state index in [2.05, 4.69) is 62.2 Å². The molecule has 0 atom stereocenters. The van der Waals surface area contributed by atoms with E-state index in [0.717, 1.165) is 27.7 Å². The smallest absolute Gasteiger partial charge is 0.261 e. The van der Waals surface area contributed by atoms with E-state index >= 15 is 0 Å².